The lowest BCUT2D eigenvalue weighted by atomic mass is 9.94. The molecule has 3 rings (SSSR count). The SMILES string of the molecule is CC(C)COCCNC1C2CCC1Cc1ccccc1C2. The second kappa shape index (κ2) is 6.93. The lowest BCUT2D eigenvalue weighted by molar-refractivity contribution is 0.107. The fourth-order valence-electron chi connectivity index (χ4n) is 4.10. The van der Waals surface area contributed by atoms with Gasteiger partial charge < -0.3 is 10.1 Å². The van der Waals surface area contributed by atoms with Crippen molar-refractivity contribution in [1.29, 1.82) is 0 Å². The Balaban J connectivity index is 1.54. The Labute approximate surface area is 129 Å². The van der Waals surface area contributed by atoms with E-state index in [1.807, 2.05) is 0 Å². The van der Waals surface area contributed by atoms with Crippen LogP contribution >= 0.6 is 0 Å². The topological polar surface area (TPSA) is 21.3 Å². The summed E-state index contributed by atoms with van der Waals surface area (Å²) in [5, 5.41) is 3.81. The van der Waals surface area contributed by atoms with Gasteiger partial charge in [0.1, 0.15) is 0 Å². The lowest BCUT2D eigenvalue weighted by Gasteiger charge is -2.24. The largest absolute Gasteiger partial charge is 0.380 e. The molecule has 2 heteroatoms. The molecule has 2 nitrogen and oxygen atoms in total. The van der Waals surface area contributed by atoms with Crippen molar-refractivity contribution in [2.75, 3.05) is 19.8 Å². The van der Waals surface area contributed by atoms with Gasteiger partial charge in [0, 0.05) is 19.2 Å². The highest BCUT2D eigenvalue weighted by atomic mass is 16.5. The first-order chi connectivity index (χ1) is 10.2. The first-order valence-electron chi connectivity index (χ1n) is 8.62. The number of hydrogen-bond donors (Lipinski definition) is 1. The molecule has 2 bridgehead atoms. The predicted octanol–water partition coefficient (Wildman–Crippen LogP) is 3.44. The van der Waals surface area contributed by atoms with Crippen molar-refractivity contribution < 1.29 is 4.74 Å². The van der Waals surface area contributed by atoms with E-state index < -0.39 is 0 Å². The van der Waals surface area contributed by atoms with Crippen molar-refractivity contribution in [2.24, 2.45) is 17.8 Å². The molecule has 2 aliphatic carbocycles. The van der Waals surface area contributed by atoms with Crippen molar-refractivity contribution in [2.45, 2.75) is 45.6 Å². The quantitative estimate of drug-likeness (QED) is 0.809. The second-order valence-corrected chi connectivity index (χ2v) is 7.22. The van der Waals surface area contributed by atoms with E-state index >= 15 is 0 Å². The Kier molecular flexibility index (Phi) is 4.97. The Morgan fingerprint density at radius 3 is 2.29 bits per heavy atom. The number of hydrogen-bond acceptors (Lipinski definition) is 2. The van der Waals surface area contributed by atoms with E-state index in [-0.39, 0.29) is 0 Å². The fourth-order valence-corrected chi connectivity index (χ4v) is 4.10. The van der Waals surface area contributed by atoms with E-state index in [9.17, 15) is 0 Å². The Morgan fingerprint density at radius 2 is 1.71 bits per heavy atom. The number of ether oxygens (including phenoxy) is 1. The average Bonchev–Trinajstić information content (AvgIpc) is 2.73. The first kappa shape index (κ1) is 15.1. The molecule has 1 aromatic rings. The van der Waals surface area contributed by atoms with Crippen LogP contribution in [0.3, 0.4) is 0 Å². The zero-order valence-electron chi connectivity index (χ0n) is 13.5. The predicted molar refractivity (Wildman–Crippen MR) is 87.5 cm³/mol. The molecule has 2 atom stereocenters. The van der Waals surface area contributed by atoms with E-state index in [1.54, 1.807) is 11.1 Å². The molecule has 1 fully saturated rings. The van der Waals surface area contributed by atoms with Gasteiger partial charge >= 0.3 is 0 Å². The van der Waals surface area contributed by atoms with Gasteiger partial charge in [0.2, 0.25) is 0 Å². The smallest absolute Gasteiger partial charge is 0.0591 e. The van der Waals surface area contributed by atoms with Crippen LogP contribution in [0.15, 0.2) is 24.3 Å². The Bertz CT molecular complexity index is 424. The molecule has 116 valence electrons. The van der Waals surface area contributed by atoms with Crippen LogP contribution in [0.2, 0.25) is 0 Å². The summed E-state index contributed by atoms with van der Waals surface area (Å²) in [5.41, 5.74) is 3.18. The van der Waals surface area contributed by atoms with Gasteiger partial charge in [-0.25, -0.2) is 0 Å². The molecule has 0 aromatic heterocycles. The Morgan fingerprint density at radius 1 is 1.10 bits per heavy atom. The van der Waals surface area contributed by atoms with Crippen molar-refractivity contribution in [1.82, 2.24) is 5.32 Å². The molecule has 1 aromatic carbocycles. The van der Waals surface area contributed by atoms with Crippen molar-refractivity contribution in [3.8, 4) is 0 Å². The normalized spacial score (nSPS) is 27.7. The van der Waals surface area contributed by atoms with Crippen molar-refractivity contribution >= 4 is 0 Å². The highest BCUT2D eigenvalue weighted by molar-refractivity contribution is 5.30. The summed E-state index contributed by atoms with van der Waals surface area (Å²) in [6.45, 7) is 7.14. The van der Waals surface area contributed by atoms with Crippen LogP contribution in [-0.2, 0) is 17.6 Å². The van der Waals surface area contributed by atoms with Crippen LogP contribution in [0.4, 0.5) is 0 Å². The molecule has 0 heterocycles. The van der Waals surface area contributed by atoms with E-state index in [1.165, 1.54) is 25.7 Å². The van der Waals surface area contributed by atoms with Gasteiger partial charge in [0.15, 0.2) is 0 Å². The molecule has 21 heavy (non-hydrogen) atoms. The van der Waals surface area contributed by atoms with Crippen LogP contribution in [0.25, 0.3) is 0 Å². The highest BCUT2D eigenvalue weighted by Gasteiger charge is 2.38. The third kappa shape index (κ3) is 3.67. The molecular formula is C19H29NO. The molecule has 0 aliphatic heterocycles. The summed E-state index contributed by atoms with van der Waals surface area (Å²) >= 11 is 0. The summed E-state index contributed by atoms with van der Waals surface area (Å²) in [7, 11) is 0. The number of benzene rings is 1. The average molecular weight is 287 g/mol. The van der Waals surface area contributed by atoms with Crippen LogP contribution in [0.5, 0.6) is 0 Å². The zero-order chi connectivity index (χ0) is 14.7. The standard InChI is InChI=1S/C19H29NO/c1-14(2)13-21-10-9-20-19-17-7-8-18(19)12-16-6-4-3-5-15(16)11-17/h3-6,14,17-20H,7-13H2,1-2H3. The van der Waals surface area contributed by atoms with Gasteiger partial charge in [-0.3, -0.25) is 0 Å². The van der Waals surface area contributed by atoms with E-state index in [0.717, 1.165) is 31.6 Å². The summed E-state index contributed by atoms with van der Waals surface area (Å²) in [5.74, 6) is 2.28. The molecule has 2 unspecified atom stereocenters. The first-order valence-corrected chi connectivity index (χ1v) is 8.62. The van der Waals surface area contributed by atoms with E-state index in [2.05, 4.69) is 43.4 Å². The number of fused-ring (bicyclic) bond motifs is 3. The second-order valence-electron chi connectivity index (χ2n) is 7.22. The lowest BCUT2D eigenvalue weighted by Crippen LogP contribution is -2.39. The van der Waals surface area contributed by atoms with Crippen LogP contribution in [0.1, 0.15) is 37.8 Å². The van der Waals surface area contributed by atoms with Gasteiger partial charge in [0.25, 0.3) is 0 Å². The molecule has 0 amide bonds. The van der Waals surface area contributed by atoms with Gasteiger partial charge in [0.05, 0.1) is 6.61 Å². The maximum Gasteiger partial charge on any atom is 0.0591 e. The molecule has 2 aliphatic rings. The van der Waals surface area contributed by atoms with Crippen molar-refractivity contribution in [3.63, 3.8) is 0 Å². The van der Waals surface area contributed by atoms with E-state index in [4.69, 9.17) is 4.74 Å². The van der Waals surface area contributed by atoms with Crippen LogP contribution in [-0.4, -0.2) is 25.8 Å². The van der Waals surface area contributed by atoms with Crippen LogP contribution in [0, 0.1) is 17.8 Å². The van der Waals surface area contributed by atoms with Gasteiger partial charge in [-0.15, -0.1) is 0 Å². The minimum Gasteiger partial charge on any atom is -0.380 e. The summed E-state index contributed by atoms with van der Waals surface area (Å²) in [6.07, 6.45) is 5.31. The van der Waals surface area contributed by atoms with Gasteiger partial charge in [-0.1, -0.05) is 38.1 Å². The maximum atomic E-state index is 5.71. The third-order valence-corrected chi connectivity index (χ3v) is 5.08. The molecule has 0 saturated heterocycles. The van der Waals surface area contributed by atoms with Crippen molar-refractivity contribution in [3.05, 3.63) is 35.4 Å². The minimum absolute atomic E-state index is 0.633. The zero-order valence-corrected chi connectivity index (χ0v) is 13.5. The van der Waals surface area contributed by atoms with Crippen LogP contribution < -0.4 is 5.32 Å². The third-order valence-electron chi connectivity index (χ3n) is 5.08. The molecule has 1 saturated carbocycles. The monoisotopic (exact) mass is 287 g/mol. The molecule has 1 N–H and O–H groups in total. The van der Waals surface area contributed by atoms with E-state index in [0.29, 0.717) is 12.0 Å². The van der Waals surface area contributed by atoms with Gasteiger partial charge in [-0.05, 0) is 54.6 Å². The number of rotatable bonds is 6. The molecule has 0 radical (unpaired) electrons. The Hall–Kier alpha value is -0.860. The molecular weight excluding hydrogens is 258 g/mol. The fraction of sp³-hybridized carbons (Fsp3) is 0.684. The minimum atomic E-state index is 0.633. The summed E-state index contributed by atoms with van der Waals surface area (Å²) in [6, 6.07) is 9.75. The number of nitrogens with one attached hydrogen (secondary N) is 1. The highest BCUT2D eigenvalue weighted by Crippen LogP contribution is 2.39. The maximum absolute atomic E-state index is 5.71. The molecule has 0 spiro atoms. The summed E-state index contributed by atoms with van der Waals surface area (Å²) < 4.78 is 5.71. The van der Waals surface area contributed by atoms with Gasteiger partial charge in [-0.2, -0.15) is 0 Å². The summed E-state index contributed by atoms with van der Waals surface area (Å²) in [4.78, 5) is 0.